The number of phenolic OH excluding ortho intramolecular Hbond substituents is 3. The Hall–Kier alpha value is -9.61. The number of fused-ring (bicyclic) bond motifs is 15. The lowest BCUT2D eigenvalue weighted by atomic mass is 9.54. The third-order valence-electron chi connectivity index (χ3n) is 22.3. The number of hydrogen-bond donors (Lipinski definition) is 19. The first-order chi connectivity index (χ1) is 54.0. The van der Waals surface area contributed by atoms with Gasteiger partial charge < -0.3 is 113 Å². The van der Waals surface area contributed by atoms with Crippen LogP contribution in [0.4, 0.5) is 4.79 Å². The number of carbonyl (C=O) groups is 9. The molecule has 34 heteroatoms. The number of hydrogen-bond acceptors (Lipinski definition) is 23. The molecule has 113 heavy (non-hydrogen) atoms. The number of carbonyl (C=O) groups excluding carboxylic acids is 9. The molecule has 3 unspecified atom stereocenters. The number of aliphatic hydroxyl groups excluding tert-OH is 5. The Morgan fingerprint density at radius 2 is 1.22 bits per heavy atom. The van der Waals surface area contributed by atoms with E-state index >= 15 is 28.8 Å². The summed E-state index contributed by atoms with van der Waals surface area (Å²) in [6, 6.07) is -0.559. The van der Waals surface area contributed by atoms with Crippen molar-refractivity contribution in [3.05, 3.63) is 117 Å². The van der Waals surface area contributed by atoms with Crippen LogP contribution in [0.2, 0.25) is 10.0 Å². The number of unbranched alkanes of at least 4 members (excludes halogenated alkanes) is 6. The number of rotatable bonds is 20. The second-order valence-electron chi connectivity index (χ2n) is 30.8. The van der Waals surface area contributed by atoms with Gasteiger partial charge in [-0.15, -0.1) is 0 Å². The summed E-state index contributed by atoms with van der Waals surface area (Å²) >= 11 is 14.3. The Morgan fingerprint density at radius 1 is 0.619 bits per heavy atom. The van der Waals surface area contributed by atoms with Gasteiger partial charge in [0.25, 0.3) is 0 Å². The zero-order valence-corrected chi connectivity index (χ0v) is 64.1. The Balaban J connectivity index is 1.03. The average molecular weight is 1610 g/mol. The summed E-state index contributed by atoms with van der Waals surface area (Å²) in [7, 11) is 1.49. The maximum atomic E-state index is 16.4. The van der Waals surface area contributed by atoms with E-state index in [9.17, 15) is 55.2 Å². The Labute approximate surface area is 660 Å². The van der Waals surface area contributed by atoms with Gasteiger partial charge in [0.2, 0.25) is 59.3 Å². The van der Waals surface area contributed by atoms with Crippen molar-refractivity contribution in [1.82, 2.24) is 53.2 Å². The number of halogens is 2. The summed E-state index contributed by atoms with van der Waals surface area (Å²) in [5, 5.41) is 120. The van der Waals surface area contributed by atoms with E-state index in [2.05, 4.69) is 60.1 Å². The van der Waals surface area contributed by atoms with Gasteiger partial charge in [0, 0.05) is 36.3 Å². The van der Waals surface area contributed by atoms with Crippen LogP contribution in [0, 0.1) is 29.6 Å². The monoisotopic (exact) mass is 1610 g/mol. The van der Waals surface area contributed by atoms with Crippen molar-refractivity contribution in [3.8, 4) is 57.1 Å². The molecule has 20 N–H and O–H groups in total. The van der Waals surface area contributed by atoms with E-state index in [-0.39, 0.29) is 91.7 Å². The van der Waals surface area contributed by atoms with Gasteiger partial charge in [-0.25, -0.2) is 4.79 Å². The summed E-state index contributed by atoms with van der Waals surface area (Å²) in [5.74, 6) is -13.0. The standard InChI is InChI=1S/C79H97Cl2N11O21/c1-5-6-7-8-9-10-11-18-84-79(109)86-57(96)32-49-72(103)88-61-42-28-54(110-52-16-13-38(26-46(52)80)65(97)63(76(107)85-49)91-71(102)48(83-4)19-34(2)3)70(113-78-69(101)68(100)67(99)56(33-82)112-78)55(29-42)111-53-17-14-39(27-47(53)81)66(98)64-77(108)90-62(75(106)87-59-40-21-35-20-36(23-40)24-41(59)22-35)45-30-43(93)31-51(95)58(45)44-25-37(12-15-50(44)94)60(73(104)92-64)89-74(61)105/h12-17,25-31,34-36,40-41,48-49,56,59-69,78,83,93-95,97-101H,5-11,18-24,32-33,82H2,1-4H3,(H,85,107)(H,87,106)(H,88,103)(H,89,105)(H,90,108)(H,91,102)(H,92,104)(H2,84,86,96,109)/t35?,36?,40?,41?,48-,49?,56-,59?,60-,61?,62-,63?,64+,65-,66-,67-,68+,69-,78-/m1/s1. The van der Waals surface area contributed by atoms with Gasteiger partial charge in [0.1, 0.15) is 102 Å². The zero-order valence-electron chi connectivity index (χ0n) is 62.6. The number of aliphatic hydroxyl groups is 5. The summed E-state index contributed by atoms with van der Waals surface area (Å²) in [6.07, 6.45) is -3.67. The molecule has 1 saturated heterocycles. The number of nitrogens with two attached hydrogens (primary N) is 1. The van der Waals surface area contributed by atoms with Crippen molar-refractivity contribution in [1.29, 1.82) is 0 Å². The maximum absolute atomic E-state index is 16.4. The van der Waals surface area contributed by atoms with E-state index in [1.54, 1.807) is 0 Å². The molecule has 5 aromatic rings. The molecule has 10 aliphatic rings. The molecular weight excluding hydrogens is 1510 g/mol. The second kappa shape index (κ2) is 35.8. The van der Waals surface area contributed by atoms with E-state index in [1.807, 2.05) is 13.8 Å². The number of ether oxygens (including phenoxy) is 4. The molecule has 5 aromatic carbocycles. The highest BCUT2D eigenvalue weighted by Crippen LogP contribution is 2.55. The molecule has 0 radical (unpaired) electrons. The molecule has 6 heterocycles. The van der Waals surface area contributed by atoms with Gasteiger partial charge in [0.05, 0.1) is 22.5 Å². The Morgan fingerprint density at radius 3 is 1.84 bits per heavy atom. The van der Waals surface area contributed by atoms with E-state index in [0.29, 0.717) is 18.3 Å². The summed E-state index contributed by atoms with van der Waals surface area (Å²) in [4.78, 5) is 137. The van der Waals surface area contributed by atoms with Crippen LogP contribution in [-0.2, 0) is 43.1 Å². The molecule has 14 atom stereocenters. The van der Waals surface area contributed by atoms with E-state index in [1.165, 1.54) is 31.3 Å². The van der Waals surface area contributed by atoms with Gasteiger partial charge in [-0.3, -0.25) is 43.7 Å². The van der Waals surface area contributed by atoms with Crippen molar-refractivity contribution in [2.45, 2.75) is 202 Å². The predicted octanol–water partition coefficient (Wildman–Crippen LogP) is 4.78. The highest BCUT2D eigenvalue weighted by atomic mass is 35.5. The van der Waals surface area contributed by atoms with Gasteiger partial charge in [0.15, 0.2) is 11.5 Å². The highest BCUT2D eigenvalue weighted by Gasteiger charge is 2.51. The Bertz CT molecular complexity index is 4410. The number of benzene rings is 5. The quantitative estimate of drug-likeness (QED) is 0.0466. The normalized spacial score (nSPS) is 28.2. The number of imide groups is 1. The molecule has 0 spiro atoms. The molecule has 5 fully saturated rings. The van der Waals surface area contributed by atoms with Crippen LogP contribution in [0.15, 0.2) is 78.9 Å². The van der Waals surface area contributed by atoms with Crippen molar-refractivity contribution >= 4 is 76.5 Å². The number of phenols is 3. The van der Waals surface area contributed by atoms with Crippen LogP contribution in [0.3, 0.4) is 0 Å². The smallest absolute Gasteiger partial charge is 0.321 e. The molecule has 10 amide bonds. The lowest BCUT2D eigenvalue weighted by molar-refractivity contribution is -0.270. The maximum Gasteiger partial charge on any atom is 0.321 e. The third-order valence-corrected chi connectivity index (χ3v) is 22.9. The van der Waals surface area contributed by atoms with Gasteiger partial charge >= 0.3 is 6.03 Å². The summed E-state index contributed by atoms with van der Waals surface area (Å²) < 4.78 is 25.6. The van der Waals surface area contributed by atoms with Gasteiger partial charge in [-0.2, -0.15) is 0 Å². The fourth-order valence-corrected chi connectivity index (χ4v) is 17.1. The molecular formula is C79H97Cl2N11O21. The minimum atomic E-state index is -2.34. The van der Waals surface area contributed by atoms with E-state index in [0.717, 1.165) is 125 Å². The molecule has 608 valence electrons. The Kier molecular flexibility index (Phi) is 26.3. The predicted molar refractivity (Wildman–Crippen MR) is 407 cm³/mol. The van der Waals surface area contributed by atoms with E-state index in [4.69, 9.17) is 47.9 Å². The van der Waals surface area contributed by atoms with Crippen molar-refractivity contribution in [2.24, 2.45) is 35.3 Å². The average Bonchev–Trinajstić information content (AvgIpc) is 0.755. The number of urea groups is 1. The molecule has 15 rings (SSSR count). The first kappa shape index (κ1) is 82.8. The molecule has 15 bridgehead atoms. The first-order valence-electron chi connectivity index (χ1n) is 38.3. The fourth-order valence-electron chi connectivity index (χ4n) is 16.7. The number of likely N-dealkylation sites (N-methyl/N-ethyl adjacent to an activating group) is 1. The SMILES string of the molecule is CCCCCCCCCNC(=O)NC(=O)CC1NC(=O)C(NC(=O)[C@@H](CC(C)C)NC)[C@H](O)c2ccc(c(Cl)c2)Oc2cc3cc(c2O[C@H]2O[C@H](CN)[C@@H](O)[C@H](O)[C@H]2O)Oc2ccc(cc2Cl)[C@@H](O)[C@@H]2NC(=O)[C@H](NC(=O)C3NC1=O)c1ccc(O)c(c1)-c1c(O)cc(O)cc1[C@H](C(=O)NC1C3CC4CC(C3)CC1C4)NC2=O. The van der Waals surface area contributed by atoms with Crippen molar-refractivity contribution < 1.29 is 103 Å². The molecule has 4 aliphatic carbocycles. The van der Waals surface area contributed by atoms with E-state index < -0.39 is 192 Å². The van der Waals surface area contributed by atoms with Crippen LogP contribution < -0.4 is 73.1 Å². The van der Waals surface area contributed by atoms with Crippen LogP contribution in [0.25, 0.3) is 11.1 Å². The topological polar surface area (TPSA) is 499 Å². The van der Waals surface area contributed by atoms with Gasteiger partial charge in [-0.05, 0) is 164 Å². The van der Waals surface area contributed by atoms with Crippen LogP contribution >= 0.6 is 23.2 Å². The molecule has 6 aliphatic heterocycles. The summed E-state index contributed by atoms with van der Waals surface area (Å²) in [5.41, 5.74) is 3.95. The van der Waals surface area contributed by atoms with Crippen LogP contribution in [0.5, 0.6) is 46.0 Å². The fraction of sp³-hybridized carbons (Fsp3) is 0.506. The number of aromatic hydroxyl groups is 3. The first-order valence-corrected chi connectivity index (χ1v) is 39.1. The second-order valence-corrected chi connectivity index (χ2v) is 31.6. The van der Waals surface area contributed by atoms with Crippen molar-refractivity contribution in [2.75, 3.05) is 20.1 Å². The van der Waals surface area contributed by atoms with Crippen molar-refractivity contribution in [3.63, 3.8) is 0 Å². The largest absolute Gasteiger partial charge is 0.508 e. The molecule has 32 nitrogen and oxygen atoms in total. The van der Waals surface area contributed by atoms with Gasteiger partial charge in [-0.1, -0.05) is 101 Å². The number of amides is 10. The molecule has 4 saturated carbocycles. The van der Waals surface area contributed by atoms with Crippen LogP contribution in [-0.4, -0.2) is 175 Å². The minimum Gasteiger partial charge on any atom is -0.508 e. The number of nitrogens with one attached hydrogen (secondary N) is 10. The zero-order chi connectivity index (χ0) is 81.0. The highest BCUT2D eigenvalue weighted by molar-refractivity contribution is 6.32. The lowest BCUT2D eigenvalue weighted by Crippen LogP contribution is -2.60. The minimum absolute atomic E-state index is 0.0777. The summed E-state index contributed by atoms with van der Waals surface area (Å²) in [6.45, 7) is 5.44. The van der Waals surface area contributed by atoms with Crippen LogP contribution in [0.1, 0.15) is 169 Å². The molecule has 0 aromatic heterocycles. The lowest BCUT2D eigenvalue weighted by Gasteiger charge is -2.54. The third kappa shape index (κ3) is 18.6.